The van der Waals surface area contributed by atoms with Gasteiger partial charge in [-0.3, -0.25) is 4.79 Å². The number of hydrogen-bond donors (Lipinski definition) is 1. The van der Waals surface area contributed by atoms with Crippen LogP contribution in [0.4, 0.5) is 0 Å². The van der Waals surface area contributed by atoms with Gasteiger partial charge in [-0.05, 0) is 19.1 Å². The smallest absolute Gasteiger partial charge is 0.355 e. The van der Waals surface area contributed by atoms with E-state index in [9.17, 15) is 9.59 Å². The Morgan fingerprint density at radius 2 is 2.19 bits per heavy atom. The SMILES string of the molecule is COC(=O)/C(NC(=O)c1ccco1)=C(\C)Br. The lowest BCUT2D eigenvalue weighted by Crippen LogP contribution is -2.28. The molecule has 0 aliphatic carbocycles. The average molecular weight is 288 g/mol. The minimum absolute atomic E-state index is 0.0453. The lowest BCUT2D eigenvalue weighted by atomic mass is 10.3. The number of ether oxygens (including phenoxy) is 1. The minimum Gasteiger partial charge on any atom is -0.464 e. The molecule has 0 aliphatic heterocycles. The molecule has 0 saturated heterocycles. The van der Waals surface area contributed by atoms with Crippen molar-refractivity contribution in [3.05, 3.63) is 34.3 Å². The van der Waals surface area contributed by atoms with Gasteiger partial charge in [0.25, 0.3) is 5.91 Å². The summed E-state index contributed by atoms with van der Waals surface area (Å²) < 4.78 is 9.88. The molecule has 16 heavy (non-hydrogen) atoms. The van der Waals surface area contributed by atoms with Crippen LogP contribution in [-0.4, -0.2) is 19.0 Å². The zero-order valence-corrected chi connectivity index (χ0v) is 10.3. The zero-order chi connectivity index (χ0) is 12.1. The highest BCUT2D eigenvalue weighted by molar-refractivity contribution is 9.11. The molecule has 0 spiro atoms. The van der Waals surface area contributed by atoms with Gasteiger partial charge in [0, 0.05) is 4.48 Å². The number of furan rings is 1. The third-order valence-corrected chi connectivity index (χ3v) is 2.11. The molecule has 1 amide bonds. The van der Waals surface area contributed by atoms with Gasteiger partial charge in [0.2, 0.25) is 0 Å². The van der Waals surface area contributed by atoms with Gasteiger partial charge in [0.1, 0.15) is 5.70 Å². The van der Waals surface area contributed by atoms with Crippen LogP contribution in [0.5, 0.6) is 0 Å². The van der Waals surface area contributed by atoms with Gasteiger partial charge in [-0.1, -0.05) is 15.9 Å². The lowest BCUT2D eigenvalue weighted by Gasteiger charge is -2.07. The van der Waals surface area contributed by atoms with Gasteiger partial charge < -0.3 is 14.5 Å². The fourth-order valence-electron chi connectivity index (χ4n) is 0.963. The number of halogens is 1. The van der Waals surface area contributed by atoms with Gasteiger partial charge in [0.15, 0.2) is 5.76 Å². The number of methoxy groups -OCH3 is 1. The van der Waals surface area contributed by atoms with Crippen LogP contribution in [0.25, 0.3) is 0 Å². The van der Waals surface area contributed by atoms with Crippen LogP contribution in [-0.2, 0) is 9.53 Å². The molecule has 0 bridgehead atoms. The summed E-state index contributed by atoms with van der Waals surface area (Å²) in [5.41, 5.74) is 0.0453. The van der Waals surface area contributed by atoms with Gasteiger partial charge in [-0.2, -0.15) is 0 Å². The van der Waals surface area contributed by atoms with Crippen LogP contribution < -0.4 is 5.32 Å². The Labute approximate surface area is 101 Å². The van der Waals surface area contributed by atoms with Crippen molar-refractivity contribution in [3.63, 3.8) is 0 Å². The van der Waals surface area contributed by atoms with E-state index in [1.54, 1.807) is 13.0 Å². The zero-order valence-electron chi connectivity index (χ0n) is 8.74. The summed E-state index contributed by atoms with van der Waals surface area (Å²) in [6, 6.07) is 3.07. The fourth-order valence-corrected chi connectivity index (χ4v) is 1.22. The maximum atomic E-state index is 11.6. The van der Waals surface area contributed by atoms with E-state index in [2.05, 4.69) is 26.0 Å². The van der Waals surface area contributed by atoms with E-state index in [1.807, 2.05) is 0 Å². The lowest BCUT2D eigenvalue weighted by molar-refractivity contribution is -0.136. The second-order valence-electron chi connectivity index (χ2n) is 2.83. The molecule has 0 saturated carbocycles. The maximum absolute atomic E-state index is 11.6. The van der Waals surface area contributed by atoms with Crippen molar-refractivity contribution in [2.24, 2.45) is 0 Å². The summed E-state index contributed by atoms with van der Waals surface area (Å²) in [6.07, 6.45) is 1.37. The second kappa shape index (κ2) is 5.50. The molecule has 5 nitrogen and oxygen atoms in total. The highest BCUT2D eigenvalue weighted by atomic mass is 79.9. The molecule has 0 aliphatic rings. The predicted octanol–water partition coefficient (Wildman–Crippen LogP) is 1.81. The van der Waals surface area contributed by atoms with Crippen LogP contribution in [0.3, 0.4) is 0 Å². The molecule has 6 heteroatoms. The van der Waals surface area contributed by atoms with Crippen LogP contribution in [0.1, 0.15) is 17.5 Å². The molecule has 0 aromatic carbocycles. The topological polar surface area (TPSA) is 68.5 Å². The number of amides is 1. The monoisotopic (exact) mass is 287 g/mol. The first kappa shape index (κ1) is 12.5. The van der Waals surface area contributed by atoms with E-state index >= 15 is 0 Å². The van der Waals surface area contributed by atoms with Gasteiger partial charge in [-0.15, -0.1) is 0 Å². The number of nitrogens with one attached hydrogen (secondary N) is 1. The molecule has 0 fully saturated rings. The highest BCUT2D eigenvalue weighted by Gasteiger charge is 2.17. The van der Waals surface area contributed by atoms with Crippen LogP contribution in [0.15, 0.2) is 33.0 Å². The number of carbonyl (C=O) groups is 2. The number of rotatable bonds is 3. The molecule has 1 N–H and O–H groups in total. The van der Waals surface area contributed by atoms with Crippen molar-refractivity contribution in [1.29, 1.82) is 0 Å². The first-order valence-corrected chi connectivity index (χ1v) is 5.15. The van der Waals surface area contributed by atoms with E-state index in [1.165, 1.54) is 19.4 Å². The standard InChI is InChI=1S/C10H10BrNO4/c1-6(11)8(10(14)15-2)12-9(13)7-4-3-5-16-7/h3-5H,1-2H3,(H,12,13)/b8-6-. The Balaban J connectivity index is 2.83. The molecular formula is C10H10BrNO4. The Morgan fingerprint density at radius 1 is 1.50 bits per heavy atom. The molecular weight excluding hydrogens is 278 g/mol. The Morgan fingerprint density at radius 3 is 2.62 bits per heavy atom. The summed E-state index contributed by atoms with van der Waals surface area (Å²) >= 11 is 3.11. The highest BCUT2D eigenvalue weighted by Crippen LogP contribution is 2.11. The van der Waals surface area contributed by atoms with E-state index < -0.39 is 11.9 Å². The summed E-state index contributed by atoms with van der Waals surface area (Å²) in [7, 11) is 1.23. The van der Waals surface area contributed by atoms with Crippen molar-refractivity contribution >= 4 is 27.8 Å². The summed E-state index contributed by atoms with van der Waals surface area (Å²) in [5, 5.41) is 2.40. The summed E-state index contributed by atoms with van der Waals surface area (Å²) in [4.78, 5) is 22.9. The van der Waals surface area contributed by atoms with E-state index in [0.717, 1.165) is 0 Å². The van der Waals surface area contributed by atoms with Crippen molar-refractivity contribution < 1.29 is 18.7 Å². The van der Waals surface area contributed by atoms with Crippen molar-refractivity contribution in [2.45, 2.75) is 6.92 Å². The third-order valence-electron chi connectivity index (χ3n) is 1.72. The maximum Gasteiger partial charge on any atom is 0.355 e. The van der Waals surface area contributed by atoms with Crippen LogP contribution >= 0.6 is 15.9 Å². The summed E-state index contributed by atoms with van der Waals surface area (Å²) in [5.74, 6) is -1.02. The number of carbonyl (C=O) groups excluding carboxylic acids is 2. The summed E-state index contributed by atoms with van der Waals surface area (Å²) in [6.45, 7) is 1.62. The number of allylic oxidation sites excluding steroid dienone is 1. The molecule has 1 rings (SSSR count). The predicted molar refractivity (Wildman–Crippen MR) is 59.8 cm³/mol. The van der Waals surface area contributed by atoms with Gasteiger partial charge in [-0.25, -0.2) is 4.79 Å². The van der Waals surface area contributed by atoms with Crippen molar-refractivity contribution in [2.75, 3.05) is 7.11 Å². The van der Waals surface area contributed by atoms with E-state index in [-0.39, 0.29) is 11.5 Å². The number of hydrogen-bond acceptors (Lipinski definition) is 4. The second-order valence-corrected chi connectivity index (χ2v) is 4.02. The normalized spacial score (nSPS) is 11.7. The quantitative estimate of drug-likeness (QED) is 0.680. The third kappa shape index (κ3) is 2.96. The molecule has 0 atom stereocenters. The van der Waals surface area contributed by atoms with Crippen LogP contribution in [0, 0.1) is 0 Å². The first-order chi connectivity index (χ1) is 7.56. The van der Waals surface area contributed by atoms with Gasteiger partial charge in [0.05, 0.1) is 13.4 Å². The molecule has 1 aromatic heterocycles. The van der Waals surface area contributed by atoms with Crippen LogP contribution in [0.2, 0.25) is 0 Å². The molecule has 1 aromatic rings. The molecule has 0 unspecified atom stereocenters. The Kier molecular flexibility index (Phi) is 4.30. The van der Waals surface area contributed by atoms with Gasteiger partial charge >= 0.3 is 5.97 Å². The fraction of sp³-hybridized carbons (Fsp3) is 0.200. The van der Waals surface area contributed by atoms with Crippen molar-refractivity contribution in [3.8, 4) is 0 Å². The van der Waals surface area contributed by atoms with E-state index in [4.69, 9.17) is 4.42 Å². The average Bonchev–Trinajstić information content (AvgIpc) is 2.77. The Hall–Kier alpha value is -1.56. The molecule has 86 valence electrons. The minimum atomic E-state index is -0.630. The first-order valence-electron chi connectivity index (χ1n) is 4.35. The Bertz CT molecular complexity index is 418. The van der Waals surface area contributed by atoms with E-state index in [0.29, 0.717) is 4.48 Å². The molecule has 0 radical (unpaired) electrons. The number of esters is 1. The van der Waals surface area contributed by atoms with Crippen molar-refractivity contribution in [1.82, 2.24) is 5.32 Å². The molecule has 1 heterocycles. The largest absolute Gasteiger partial charge is 0.464 e.